The van der Waals surface area contributed by atoms with E-state index in [0.29, 0.717) is 17.9 Å². The first-order valence-electron chi connectivity index (χ1n) is 9.85. The Labute approximate surface area is 174 Å². The van der Waals surface area contributed by atoms with Crippen molar-refractivity contribution in [1.29, 1.82) is 0 Å². The largest absolute Gasteiger partial charge is 0.491 e. The molecule has 152 valence electrons. The maximum atomic E-state index is 14.7. The summed E-state index contributed by atoms with van der Waals surface area (Å²) in [6, 6.07) is 10.5. The third kappa shape index (κ3) is 6.12. The number of carbonyl (C=O) groups excluding carboxylic acids is 1. The fraction of sp³-hybridized carbons (Fsp3) is 0.304. The second-order valence-electron chi connectivity index (χ2n) is 6.71. The van der Waals surface area contributed by atoms with Crippen LogP contribution >= 0.6 is 11.3 Å². The van der Waals surface area contributed by atoms with E-state index < -0.39 is 5.82 Å². The number of nitrogens with zero attached hydrogens (tertiary/aromatic N) is 1. The van der Waals surface area contributed by atoms with Crippen molar-refractivity contribution in [2.24, 2.45) is 0 Å². The maximum Gasteiger partial charge on any atom is 0.228 e. The summed E-state index contributed by atoms with van der Waals surface area (Å²) in [5.41, 5.74) is 3.66. The lowest BCUT2D eigenvalue weighted by molar-refractivity contribution is -0.115. The number of aromatic nitrogens is 1. The Morgan fingerprint density at radius 3 is 3.00 bits per heavy atom. The monoisotopic (exact) mass is 412 g/mol. The lowest BCUT2D eigenvalue weighted by atomic mass is 10.1. The van der Waals surface area contributed by atoms with Crippen LogP contribution in [0.15, 0.2) is 54.1 Å². The quantitative estimate of drug-likeness (QED) is 0.322. The third-order valence-electron chi connectivity index (χ3n) is 4.43. The number of carbonyl (C=O) groups is 1. The van der Waals surface area contributed by atoms with Crippen LogP contribution in [0.4, 0.5) is 10.1 Å². The van der Waals surface area contributed by atoms with E-state index in [1.54, 1.807) is 29.8 Å². The summed E-state index contributed by atoms with van der Waals surface area (Å²) in [6.07, 6.45) is 8.17. The maximum absolute atomic E-state index is 14.7. The number of rotatable bonds is 10. The van der Waals surface area contributed by atoms with Gasteiger partial charge in [0.15, 0.2) is 11.6 Å². The average Bonchev–Trinajstić information content (AvgIpc) is 3.17. The number of thiazole rings is 1. The van der Waals surface area contributed by atoms with Crippen LogP contribution in [0.1, 0.15) is 38.2 Å². The predicted octanol–water partition coefficient (Wildman–Crippen LogP) is 6.13. The second-order valence-corrected chi connectivity index (χ2v) is 7.60. The third-order valence-corrected chi connectivity index (χ3v) is 5.23. The standard InChI is InChI=1S/C23H25FN2O2S/c1-2-3-4-5-6-7-13-28-20-10-8-9-17(23(20)24)14-22(27)26-18-11-12-19-21(15-18)29-16-25-19/h3-4,8-12,15-16H,2,5-7,13-14H2,1H3,(H,26,27)/b4-3+. The van der Waals surface area contributed by atoms with Gasteiger partial charge >= 0.3 is 0 Å². The molecule has 0 saturated heterocycles. The summed E-state index contributed by atoms with van der Waals surface area (Å²) in [5.74, 6) is -0.537. The second kappa shape index (κ2) is 10.7. The first-order valence-corrected chi connectivity index (χ1v) is 10.7. The lowest BCUT2D eigenvalue weighted by Crippen LogP contribution is -2.15. The summed E-state index contributed by atoms with van der Waals surface area (Å²) in [7, 11) is 0. The van der Waals surface area contributed by atoms with Crippen molar-refractivity contribution in [2.45, 2.75) is 39.0 Å². The Morgan fingerprint density at radius 1 is 1.24 bits per heavy atom. The van der Waals surface area contributed by atoms with Gasteiger partial charge in [0, 0.05) is 11.3 Å². The topological polar surface area (TPSA) is 51.2 Å². The zero-order valence-electron chi connectivity index (χ0n) is 16.5. The molecule has 0 aliphatic rings. The van der Waals surface area contributed by atoms with E-state index in [2.05, 4.69) is 29.4 Å². The van der Waals surface area contributed by atoms with Gasteiger partial charge in [0.25, 0.3) is 0 Å². The SMILES string of the molecule is CC/C=C/CCCCOc1cccc(CC(=O)Nc2ccc3ncsc3c2)c1F. The fourth-order valence-corrected chi connectivity index (χ4v) is 3.66. The number of halogens is 1. The van der Waals surface area contributed by atoms with Gasteiger partial charge in [0.1, 0.15) is 0 Å². The number of fused-ring (bicyclic) bond motifs is 1. The molecule has 0 bridgehead atoms. The Hall–Kier alpha value is -2.73. The van der Waals surface area contributed by atoms with Gasteiger partial charge in [-0.1, -0.05) is 31.2 Å². The summed E-state index contributed by atoms with van der Waals surface area (Å²) in [4.78, 5) is 16.6. The van der Waals surface area contributed by atoms with Crippen molar-refractivity contribution in [3.63, 3.8) is 0 Å². The molecule has 4 nitrogen and oxygen atoms in total. The van der Waals surface area contributed by atoms with Gasteiger partial charge in [-0.15, -0.1) is 11.3 Å². The van der Waals surface area contributed by atoms with Crippen LogP contribution in [0.2, 0.25) is 0 Å². The minimum Gasteiger partial charge on any atom is -0.491 e. The molecule has 0 radical (unpaired) electrons. The van der Waals surface area contributed by atoms with Crippen LogP contribution in [0.25, 0.3) is 10.2 Å². The van der Waals surface area contributed by atoms with Crippen molar-refractivity contribution in [1.82, 2.24) is 4.98 Å². The Morgan fingerprint density at radius 2 is 2.14 bits per heavy atom. The number of ether oxygens (including phenoxy) is 1. The van der Waals surface area contributed by atoms with Gasteiger partial charge in [0.05, 0.1) is 28.8 Å². The first-order chi connectivity index (χ1) is 14.2. The summed E-state index contributed by atoms with van der Waals surface area (Å²) in [5, 5.41) is 2.82. The number of amides is 1. The van der Waals surface area contributed by atoms with Gasteiger partial charge in [0.2, 0.25) is 5.91 Å². The van der Waals surface area contributed by atoms with E-state index in [-0.39, 0.29) is 18.1 Å². The Bertz CT molecular complexity index is 984. The van der Waals surface area contributed by atoms with Crippen LogP contribution in [0, 0.1) is 5.82 Å². The van der Waals surface area contributed by atoms with E-state index >= 15 is 0 Å². The minimum absolute atomic E-state index is 0.0500. The highest BCUT2D eigenvalue weighted by Crippen LogP contribution is 2.24. The van der Waals surface area contributed by atoms with E-state index in [1.165, 1.54) is 11.3 Å². The van der Waals surface area contributed by atoms with Gasteiger partial charge in [-0.05, 0) is 49.9 Å². The molecule has 0 aliphatic carbocycles. The number of allylic oxidation sites excluding steroid dienone is 2. The number of nitrogens with one attached hydrogen (secondary N) is 1. The van der Waals surface area contributed by atoms with Crippen molar-refractivity contribution < 1.29 is 13.9 Å². The number of hydrogen-bond acceptors (Lipinski definition) is 4. The van der Waals surface area contributed by atoms with Crippen molar-refractivity contribution in [2.75, 3.05) is 11.9 Å². The molecule has 3 rings (SSSR count). The smallest absolute Gasteiger partial charge is 0.228 e. The summed E-state index contributed by atoms with van der Waals surface area (Å²) in [6.45, 7) is 2.57. The fourth-order valence-electron chi connectivity index (χ4n) is 2.95. The molecule has 1 amide bonds. The van der Waals surface area contributed by atoms with E-state index in [0.717, 1.165) is 35.9 Å². The number of hydrogen-bond donors (Lipinski definition) is 1. The molecule has 0 spiro atoms. The predicted molar refractivity (Wildman–Crippen MR) is 117 cm³/mol. The molecule has 3 aromatic rings. The highest BCUT2D eigenvalue weighted by atomic mass is 32.1. The van der Waals surface area contributed by atoms with Crippen LogP contribution in [-0.4, -0.2) is 17.5 Å². The van der Waals surface area contributed by atoms with Gasteiger partial charge in [-0.2, -0.15) is 0 Å². The summed E-state index contributed by atoms with van der Waals surface area (Å²) >= 11 is 1.51. The van der Waals surface area contributed by atoms with Crippen LogP contribution < -0.4 is 10.1 Å². The molecule has 29 heavy (non-hydrogen) atoms. The minimum atomic E-state index is -0.466. The molecular weight excluding hydrogens is 387 g/mol. The molecule has 1 N–H and O–H groups in total. The van der Waals surface area contributed by atoms with E-state index in [4.69, 9.17) is 4.74 Å². The first kappa shape index (κ1) is 21.0. The normalized spacial score (nSPS) is 11.2. The molecule has 0 atom stereocenters. The van der Waals surface area contributed by atoms with E-state index in [9.17, 15) is 9.18 Å². The molecule has 6 heteroatoms. The number of benzene rings is 2. The molecular formula is C23H25FN2O2S. The Balaban J connectivity index is 1.52. The molecule has 1 aromatic heterocycles. The van der Waals surface area contributed by atoms with Crippen LogP contribution in [-0.2, 0) is 11.2 Å². The summed E-state index contributed by atoms with van der Waals surface area (Å²) < 4.78 is 21.3. The van der Waals surface area contributed by atoms with Crippen molar-refractivity contribution in [3.05, 3.63) is 65.4 Å². The molecule has 0 aliphatic heterocycles. The molecule has 2 aromatic carbocycles. The Kier molecular flexibility index (Phi) is 7.76. The van der Waals surface area contributed by atoms with Crippen LogP contribution in [0.3, 0.4) is 0 Å². The van der Waals surface area contributed by atoms with Gasteiger partial charge < -0.3 is 10.1 Å². The zero-order chi connectivity index (χ0) is 20.5. The molecule has 0 saturated carbocycles. The van der Waals surface area contributed by atoms with Crippen LogP contribution in [0.5, 0.6) is 5.75 Å². The lowest BCUT2D eigenvalue weighted by Gasteiger charge is -2.10. The molecule has 0 fully saturated rings. The van der Waals surface area contributed by atoms with Gasteiger partial charge in [-0.25, -0.2) is 9.37 Å². The zero-order valence-corrected chi connectivity index (χ0v) is 17.3. The molecule has 1 heterocycles. The number of anilines is 1. The van der Waals surface area contributed by atoms with Gasteiger partial charge in [-0.3, -0.25) is 4.79 Å². The average molecular weight is 413 g/mol. The van der Waals surface area contributed by atoms with Crippen molar-refractivity contribution in [3.8, 4) is 5.75 Å². The highest BCUT2D eigenvalue weighted by Gasteiger charge is 2.13. The number of unbranched alkanes of at least 4 members (excludes halogenated alkanes) is 2. The van der Waals surface area contributed by atoms with Crippen molar-refractivity contribution >= 4 is 33.1 Å². The van der Waals surface area contributed by atoms with E-state index in [1.807, 2.05) is 12.1 Å². The molecule has 0 unspecified atom stereocenters. The highest BCUT2D eigenvalue weighted by molar-refractivity contribution is 7.16.